The van der Waals surface area contributed by atoms with Crippen LogP contribution in [0.3, 0.4) is 0 Å². The quantitative estimate of drug-likeness (QED) is 0.378. The van der Waals surface area contributed by atoms with Crippen molar-refractivity contribution < 1.29 is 28.7 Å². The first-order valence-electron chi connectivity index (χ1n) is 13.8. The number of ether oxygens (including phenoxy) is 2. The molecule has 0 bridgehead atoms. The minimum absolute atomic E-state index is 0.0123. The van der Waals surface area contributed by atoms with E-state index in [1.807, 2.05) is 66.7 Å². The molecule has 0 heterocycles. The number of aryl methyl sites for hydroxylation is 2. The van der Waals surface area contributed by atoms with E-state index in [1.165, 1.54) is 4.90 Å². The molecule has 3 unspecified atom stereocenters. The van der Waals surface area contributed by atoms with Crippen molar-refractivity contribution in [3.05, 3.63) is 34.9 Å². The smallest absolute Gasteiger partial charge is 0.408 e. The van der Waals surface area contributed by atoms with Crippen LogP contribution in [0.2, 0.25) is 0 Å². The van der Waals surface area contributed by atoms with Gasteiger partial charge < -0.3 is 25.0 Å². The van der Waals surface area contributed by atoms with Crippen LogP contribution in [-0.4, -0.2) is 59.1 Å². The first-order chi connectivity index (χ1) is 17.9. The Kier molecular flexibility index (Phi) is 12.5. The molecule has 3 atom stereocenters. The molecule has 1 rings (SSSR count). The second-order valence-corrected chi connectivity index (χ2v) is 12.0. The lowest BCUT2D eigenvalue weighted by Gasteiger charge is -2.44. The molecule has 2 N–H and O–H groups in total. The molecule has 0 saturated carbocycles. The van der Waals surface area contributed by atoms with Gasteiger partial charge in [-0.3, -0.25) is 14.4 Å². The van der Waals surface area contributed by atoms with E-state index in [9.17, 15) is 19.2 Å². The molecular weight excluding hydrogens is 498 g/mol. The zero-order valence-corrected chi connectivity index (χ0v) is 25.7. The van der Waals surface area contributed by atoms with Crippen LogP contribution >= 0.6 is 0 Å². The molecule has 0 fully saturated rings. The molecule has 0 aromatic heterocycles. The Labute approximate surface area is 234 Å². The van der Waals surface area contributed by atoms with E-state index in [-0.39, 0.29) is 25.5 Å². The first kappa shape index (κ1) is 33.9. The van der Waals surface area contributed by atoms with E-state index in [0.717, 1.165) is 11.1 Å². The van der Waals surface area contributed by atoms with E-state index in [2.05, 4.69) is 10.6 Å². The maximum Gasteiger partial charge on any atom is 0.408 e. The SMILES string of the molecule is CCOC(=O)CCNC(=O)C(c1ccc(C)c(C)c1)N(C(=O)C(NC(=O)OC(C)(C)C)C(C)CC)C(C)(C)C. The zero-order chi connectivity index (χ0) is 30.1. The minimum atomic E-state index is -1.01. The molecule has 9 heteroatoms. The fourth-order valence-electron chi connectivity index (χ4n) is 4.08. The van der Waals surface area contributed by atoms with Gasteiger partial charge in [-0.2, -0.15) is 0 Å². The number of amides is 3. The van der Waals surface area contributed by atoms with Crippen LogP contribution in [0.5, 0.6) is 0 Å². The number of rotatable bonds is 11. The second kappa shape index (κ2) is 14.3. The molecule has 0 aliphatic rings. The van der Waals surface area contributed by atoms with Crippen LogP contribution in [0.1, 0.15) is 97.9 Å². The van der Waals surface area contributed by atoms with E-state index >= 15 is 0 Å². The number of hydrogen-bond donors (Lipinski definition) is 2. The van der Waals surface area contributed by atoms with Crippen molar-refractivity contribution in [1.29, 1.82) is 0 Å². The Morgan fingerprint density at radius 2 is 1.59 bits per heavy atom. The molecule has 0 radical (unpaired) electrons. The van der Waals surface area contributed by atoms with Gasteiger partial charge in [0.2, 0.25) is 11.8 Å². The van der Waals surface area contributed by atoms with Gasteiger partial charge in [0.05, 0.1) is 13.0 Å². The Bertz CT molecular complexity index is 1010. The van der Waals surface area contributed by atoms with Gasteiger partial charge in [0, 0.05) is 12.1 Å². The third kappa shape index (κ3) is 10.5. The second-order valence-electron chi connectivity index (χ2n) is 12.0. The number of nitrogens with one attached hydrogen (secondary N) is 2. The Morgan fingerprint density at radius 3 is 2.08 bits per heavy atom. The standard InChI is InChI=1S/C30H49N3O6/c1-12-19(3)24(32-28(37)39-30(9,10)11)27(36)33(29(6,7)8)25(22-15-14-20(4)21(5)18-22)26(35)31-17-16-23(34)38-13-2/h14-15,18-19,24-25H,12-13,16-17H2,1-11H3,(H,31,35)(H,32,37). The number of carbonyl (C=O) groups is 4. The molecule has 220 valence electrons. The maximum absolute atomic E-state index is 14.3. The van der Waals surface area contributed by atoms with Gasteiger partial charge in [-0.15, -0.1) is 0 Å². The van der Waals surface area contributed by atoms with E-state index in [1.54, 1.807) is 27.7 Å². The molecule has 1 aromatic rings. The number of carbonyl (C=O) groups excluding carboxylic acids is 4. The average molecular weight is 548 g/mol. The molecule has 0 aliphatic heterocycles. The summed E-state index contributed by atoms with van der Waals surface area (Å²) in [5.74, 6) is -1.47. The summed E-state index contributed by atoms with van der Waals surface area (Å²) in [6, 6.07) is 3.72. The Hall–Kier alpha value is -3.10. The summed E-state index contributed by atoms with van der Waals surface area (Å²) in [7, 11) is 0. The highest BCUT2D eigenvalue weighted by atomic mass is 16.6. The van der Waals surface area contributed by atoms with Gasteiger partial charge >= 0.3 is 12.1 Å². The van der Waals surface area contributed by atoms with Crippen molar-refractivity contribution >= 4 is 23.9 Å². The molecule has 0 spiro atoms. The van der Waals surface area contributed by atoms with E-state index in [0.29, 0.717) is 12.0 Å². The molecule has 39 heavy (non-hydrogen) atoms. The van der Waals surface area contributed by atoms with Crippen molar-refractivity contribution in [2.75, 3.05) is 13.2 Å². The summed E-state index contributed by atoms with van der Waals surface area (Å²) in [6.07, 6.45) is -0.0700. The molecule has 3 amide bonds. The Balaban J connectivity index is 3.56. The largest absolute Gasteiger partial charge is 0.466 e. The highest BCUT2D eigenvalue weighted by Crippen LogP contribution is 2.32. The fraction of sp³-hybridized carbons (Fsp3) is 0.667. The summed E-state index contributed by atoms with van der Waals surface area (Å²) in [6.45, 7) is 20.6. The molecule has 1 aromatic carbocycles. The highest BCUT2D eigenvalue weighted by Gasteiger charge is 2.43. The van der Waals surface area contributed by atoms with Crippen LogP contribution in [0, 0.1) is 19.8 Å². The van der Waals surface area contributed by atoms with Crippen molar-refractivity contribution in [3.63, 3.8) is 0 Å². The van der Waals surface area contributed by atoms with Crippen LogP contribution in [0.15, 0.2) is 18.2 Å². The number of esters is 1. The van der Waals surface area contributed by atoms with Gasteiger partial charge in [-0.25, -0.2) is 4.79 Å². The summed E-state index contributed by atoms with van der Waals surface area (Å²) in [5.41, 5.74) is 1.12. The average Bonchev–Trinajstić information content (AvgIpc) is 2.80. The van der Waals surface area contributed by atoms with Gasteiger partial charge in [-0.1, -0.05) is 38.5 Å². The number of hydrogen-bond acceptors (Lipinski definition) is 6. The van der Waals surface area contributed by atoms with Crippen LogP contribution in [-0.2, 0) is 23.9 Å². The highest BCUT2D eigenvalue weighted by molar-refractivity contribution is 5.93. The summed E-state index contributed by atoms with van der Waals surface area (Å²) in [4.78, 5) is 54.2. The molecular formula is C30H49N3O6. The summed E-state index contributed by atoms with van der Waals surface area (Å²) < 4.78 is 10.4. The monoisotopic (exact) mass is 547 g/mol. The van der Waals surface area contributed by atoms with Crippen molar-refractivity contribution in [3.8, 4) is 0 Å². The van der Waals surface area contributed by atoms with E-state index in [4.69, 9.17) is 9.47 Å². The lowest BCUT2D eigenvalue weighted by atomic mass is 9.91. The lowest BCUT2D eigenvalue weighted by molar-refractivity contribution is -0.150. The van der Waals surface area contributed by atoms with Gasteiger partial charge in [0.25, 0.3) is 0 Å². The van der Waals surface area contributed by atoms with Crippen molar-refractivity contribution in [1.82, 2.24) is 15.5 Å². The first-order valence-corrected chi connectivity index (χ1v) is 13.8. The van der Waals surface area contributed by atoms with Gasteiger partial charge in [0.1, 0.15) is 17.7 Å². The van der Waals surface area contributed by atoms with Gasteiger partial charge in [0.15, 0.2) is 0 Å². The van der Waals surface area contributed by atoms with Crippen molar-refractivity contribution in [2.24, 2.45) is 5.92 Å². The molecule has 0 aliphatic carbocycles. The predicted octanol–water partition coefficient (Wildman–Crippen LogP) is 4.98. The summed E-state index contributed by atoms with van der Waals surface area (Å²) in [5, 5.41) is 5.59. The van der Waals surface area contributed by atoms with Crippen LogP contribution < -0.4 is 10.6 Å². The van der Waals surface area contributed by atoms with E-state index < -0.39 is 47.1 Å². The lowest BCUT2D eigenvalue weighted by Crippen LogP contribution is -2.60. The normalized spacial score (nSPS) is 14.0. The number of alkyl carbamates (subject to hydrolysis) is 1. The van der Waals surface area contributed by atoms with Gasteiger partial charge in [-0.05, 0) is 84.9 Å². The molecule has 9 nitrogen and oxygen atoms in total. The van der Waals surface area contributed by atoms with Crippen LogP contribution in [0.4, 0.5) is 4.79 Å². The summed E-state index contributed by atoms with van der Waals surface area (Å²) >= 11 is 0. The minimum Gasteiger partial charge on any atom is -0.466 e. The maximum atomic E-state index is 14.3. The predicted molar refractivity (Wildman–Crippen MR) is 152 cm³/mol. The fourth-order valence-corrected chi connectivity index (χ4v) is 4.08. The third-order valence-corrected chi connectivity index (χ3v) is 6.40. The number of nitrogens with zero attached hydrogens (tertiary/aromatic N) is 1. The Morgan fingerprint density at radius 1 is 0.974 bits per heavy atom. The third-order valence-electron chi connectivity index (χ3n) is 6.40. The number of benzene rings is 1. The molecule has 0 saturated heterocycles. The van der Waals surface area contributed by atoms with Crippen molar-refractivity contribution in [2.45, 2.75) is 112 Å². The topological polar surface area (TPSA) is 114 Å². The van der Waals surface area contributed by atoms with Crippen LogP contribution in [0.25, 0.3) is 0 Å². The zero-order valence-electron chi connectivity index (χ0n) is 25.7.